The van der Waals surface area contributed by atoms with Gasteiger partial charge in [-0.3, -0.25) is 0 Å². The van der Waals surface area contributed by atoms with Gasteiger partial charge < -0.3 is 5.32 Å². The van der Waals surface area contributed by atoms with Crippen molar-refractivity contribution in [2.24, 2.45) is 5.92 Å². The number of allylic oxidation sites excluding steroid dienone is 3. The zero-order chi connectivity index (χ0) is 29.8. The summed E-state index contributed by atoms with van der Waals surface area (Å²) in [7, 11) is 0. The predicted octanol–water partition coefficient (Wildman–Crippen LogP) is 10.3. The summed E-state index contributed by atoms with van der Waals surface area (Å²) in [4.78, 5) is 5.34. The average molecular weight is 569 g/mol. The smallest absolute Gasteiger partial charge is 0.0947 e. The molecule has 0 saturated heterocycles. The van der Waals surface area contributed by atoms with Gasteiger partial charge in [-0.25, -0.2) is 4.98 Å². The van der Waals surface area contributed by atoms with Gasteiger partial charge in [0, 0.05) is 27.7 Å². The van der Waals surface area contributed by atoms with E-state index >= 15 is 0 Å². The predicted molar refractivity (Wildman–Crippen MR) is 185 cm³/mol. The highest BCUT2D eigenvalue weighted by molar-refractivity contribution is 5.98. The topological polar surface area (TPSA) is 24.9 Å². The summed E-state index contributed by atoms with van der Waals surface area (Å²) in [5.74, 6) is 0.380. The van der Waals surface area contributed by atoms with Crippen LogP contribution in [0.25, 0.3) is 44.9 Å². The molecule has 1 N–H and O–H groups in total. The Morgan fingerprint density at radius 3 is 2.30 bits per heavy atom. The molecule has 3 aliphatic carbocycles. The Morgan fingerprint density at radius 1 is 0.727 bits per heavy atom. The summed E-state index contributed by atoms with van der Waals surface area (Å²) < 4.78 is 0. The number of nitrogens with one attached hydrogen (secondary N) is 1. The number of aromatic nitrogens is 1. The van der Waals surface area contributed by atoms with E-state index in [-0.39, 0.29) is 16.9 Å². The lowest BCUT2D eigenvalue weighted by molar-refractivity contribution is 0.581. The van der Waals surface area contributed by atoms with Gasteiger partial charge in [-0.15, -0.1) is 0 Å². The molecule has 0 bridgehead atoms. The van der Waals surface area contributed by atoms with Crippen LogP contribution >= 0.6 is 0 Å². The van der Waals surface area contributed by atoms with E-state index in [1.165, 1.54) is 61.0 Å². The highest BCUT2D eigenvalue weighted by atomic mass is 15.0. The monoisotopic (exact) mass is 568 g/mol. The Hall–Kier alpha value is -4.69. The maximum absolute atomic E-state index is 5.34. The van der Waals surface area contributed by atoms with Crippen LogP contribution < -0.4 is 5.32 Å². The molecule has 2 unspecified atom stereocenters. The third-order valence-corrected chi connectivity index (χ3v) is 10.9. The quantitative estimate of drug-likeness (QED) is 0.229. The molecule has 214 valence electrons. The van der Waals surface area contributed by atoms with Crippen molar-refractivity contribution in [1.29, 1.82) is 0 Å². The second-order valence-corrected chi connectivity index (χ2v) is 14.0. The Kier molecular flexibility index (Phi) is 5.23. The van der Waals surface area contributed by atoms with Crippen molar-refractivity contribution in [3.05, 3.63) is 143 Å². The molecular formula is C42H36N2. The van der Waals surface area contributed by atoms with Gasteiger partial charge in [-0.05, 0) is 68.6 Å². The van der Waals surface area contributed by atoms with Gasteiger partial charge in [-0.2, -0.15) is 0 Å². The number of hydrogen-bond acceptors (Lipinski definition) is 2. The molecule has 2 heteroatoms. The minimum absolute atomic E-state index is 0.0202. The minimum Gasteiger partial charge on any atom is -0.376 e. The molecule has 2 nitrogen and oxygen atoms in total. The Bertz CT molecular complexity index is 2140. The van der Waals surface area contributed by atoms with Crippen LogP contribution in [0.4, 0.5) is 5.69 Å². The van der Waals surface area contributed by atoms with Gasteiger partial charge >= 0.3 is 0 Å². The van der Waals surface area contributed by atoms with Crippen molar-refractivity contribution >= 4 is 28.2 Å². The first-order chi connectivity index (χ1) is 21.3. The van der Waals surface area contributed by atoms with Crippen LogP contribution in [-0.4, -0.2) is 11.0 Å². The third kappa shape index (κ3) is 3.51. The van der Waals surface area contributed by atoms with Gasteiger partial charge in [0.2, 0.25) is 0 Å². The van der Waals surface area contributed by atoms with Crippen molar-refractivity contribution in [2.45, 2.75) is 51.0 Å². The molecule has 2 heterocycles. The number of hydrogen-bond donors (Lipinski definition) is 1. The summed E-state index contributed by atoms with van der Waals surface area (Å²) in [6.45, 7) is 9.42. The number of benzene rings is 4. The first-order valence-electron chi connectivity index (χ1n) is 16.0. The van der Waals surface area contributed by atoms with E-state index in [1.807, 2.05) is 0 Å². The van der Waals surface area contributed by atoms with E-state index in [0.717, 1.165) is 23.3 Å². The molecular weight excluding hydrogens is 532 g/mol. The summed E-state index contributed by atoms with van der Waals surface area (Å²) in [5, 5.41) is 5.13. The lowest BCUT2D eigenvalue weighted by Gasteiger charge is -2.32. The number of rotatable bonds is 2. The van der Waals surface area contributed by atoms with Crippen LogP contribution in [0.1, 0.15) is 61.9 Å². The first-order valence-corrected chi connectivity index (χ1v) is 16.0. The van der Waals surface area contributed by atoms with Gasteiger partial charge in [0.25, 0.3) is 0 Å². The van der Waals surface area contributed by atoms with E-state index in [2.05, 4.69) is 148 Å². The second-order valence-electron chi connectivity index (χ2n) is 14.0. The van der Waals surface area contributed by atoms with Crippen LogP contribution in [0.3, 0.4) is 0 Å². The summed E-state index contributed by atoms with van der Waals surface area (Å²) in [5.41, 5.74) is 16.8. The lowest BCUT2D eigenvalue weighted by Crippen LogP contribution is -2.30. The normalized spacial score (nSPS) is 21.4. The number of anilines is 1. The Balaban J connectivity index is 1.08. The zero-order valence-electron chi connectivity index (χ0n) is 25.8. The fourth-order valence-electron chi connectivity index (χ4n) is 8.39. The van der Waals surface area contributed by atoms with Gasteiger partial charge in [0.1, 0.15) is 0 Å². The Morgan fingerprint density at radius 2 is 1.45 bits per heavy atom. The maximum atomic E-state index is 5.34. The van der Waals surface area contributed by atoms with E-state index < -0.39 is 0 Å². The maximum Gasteiger partial charge on any atom is 0.0947 e. The molecule has 9 rings (SSSR count). The van der Waals surface area contributed by atoms with Gasteiger partial charge in [0.15, 0.2) is 0 Å². The van der Waals surface area contributed by atoms with Crippen molar-refractivity contribution in [1.82, 2.24) is 4.98 Å². The van der Waals surface area contributed by atoms with Crippen molar-refractivity contribution in [3.63, 3.8) is 0 Å². The highest BCUT2D eigenvalue weighted by Crippen LogP contribution is 2.53. The Labute approximate surface area is 259 Å². The third-order valence-electron chi connectivity index (χ3n) is 10.9. The molecule has 44 heavy (non-hydrogen) atoms. The van der Waals surface area contributed by atoms with Gasteiger partial charge in [-0.1, -0.05) is 131 Å². The molecule has 1 aliphatic heterocycles. The zero-order valence-corrected chi connectivity index (χ0v) is 25.8. The van der Waals surface area contributed by atoms with Crippen LogP contribution in [0, 0.1) is 5.92 Å². The highest BCUT2D eigenvalue weighted by Gasteiger charge is 2.40. The van der Waals surface area contributed by atoms with E-state index in [0.29, 0.717) is 5.92 Å². The van der Waals surface area contributed by atoms with Crippen molar-refractivity contribution in [2.75, 3.05) is 5.32 Å². The first kappa shape index (κ1) is 25.8. The van der Waals surface area contributed by atoms with Gasteiger partial charge in [0.05, 0.1) is 22.9 Å². The van der Waals surface area contributed by atoms with Crippen molar-refractivity contribution < 1.29 is 0 Å². The van der Waals surface area contributed by atoms with Crippen LogP contribution in [-0.2, 0) is 10.8 Å². The van der Waals surface area contributed by atoms with E-state index in [1.54, 1.807) is 0 Å². The lowest BCUT2D eigenvalue weighted by atomic mass is 9.76. The minimum atomic E-state index is -0.0322. The summed E-state index contributed by atoms with van der Waals surface area (Å²) >= 11 is 0. The van der Waals surface area contributed by atoms with E-state index in [9.17, 15) is 0 Å². The molecule has 0 amide bonds. The molecule has 2 atom stereocenters. The second kappa shape index (κ2) is 8.92. The molecule has 4 aliphatic rings. The molecule has 1 aromatic heterocycles. The largest absolute Gasteiger partial charge is 0.376 e. The number of nitrogens with zero attached hydrogens (tertiary/aromatic N) is 1. The molecule has 5 aromatic rings. The summed E-state index contributed by atoms with van der Waals surface area (Å²) in [6.07, 6.45) is 10.7. The standard InChI is InChI=1S/C42H36N2/c1-41(2)33-11-7-5-9-29(33)31-19-15-27(23-35(31)41)37-21-17-25-13-14-26-18-22-38(44-40(26)39(25)43-37)28-16-20-32-30-10-6-8-12-34(30)42(3,4)36(32)24-28/h5-15,17-24,28,38,44H,16H2,1-4H3. The number of pyridine rings is 1. The molecule has 0 saturated carbocycles. The molecule has 0 fully saturated rings. The average Bonchev–Trinajstić information content (AvgIpc) is 3.43. The molecule has 0 spiro atoms. The SMILES string of the molecule is CC1(C)C2=CC(C3C=Cc4ccc5ccc(-c6ccc7c(c6)C(C)(C)c6ccccc6-7)nc5c4N3)CC=C2c2ccccc21. The fourth-order valence-corrected chi connectivity index (χ4v) is 8.39. The van der Waals surface area contributed by atoms with Crippen LogP contribution in [0.15, 0.2) is 115 Å². The van der Waals surface area contributed by atoms with Crippen LogP contribution in [0.5, 0.6) is 0 Å². The fraction of sp³-hybridized carbons (Fsp3) is 0.214. The molecule has 0 radical (unpaired) electrons. The summed E-state index contributed by atoms with van der Waals surface area (Å²) in [6, 6.07) is 33.7. The van der Waals surface area contributed by atoms with Crippen LogP contribution in [0.2, 0.25) is 0 Å². The van der Waals surface area contributed by atoms with Crippen molar-refractivity contribution in [3.8, 4) is 22.4 Å². The molecule has 4 aromatic carbocycles. The number of fused-ring (bicyclic) bond motifs is 9. The van der Waals surface area contributed by atoms with E-state index in [4.69, 9.17) is 4.98 Å².